The summed E-state index contributed by atoms with van der Waals surface area (Å²) in [6, 6.07) is 0. The molecule has 0 N–H and O–H groups in total. The van der Waals surface area contributed by atoms with Crippen molar-refractivity contribution in [2.24, 2.45) is 0 Å². The van der Waals surface area contributed by atoms with Gasteiger partial charge >= 0.3 is 0 Å². The van der Waals surface area contributed by atoms with Crippen molar-refractivity contribution in [3.63, 3.8) is 0 Å². The van der Waals surface area contributed by atoms with E-state index in [4.69, 9.17) is 0 Å². The van der Waals surface area contributed by atoms with E-state index in [1.165, 1.54) is 0 Å². The Morgan fingerprint density at radius 2 is 1.20 bits per heavy atom. The minimum Gasteiger partial charge on any atom is -0.102 e. The second kappa shape index (κ2) is 3.02. The minimum atomic E-state index is -0.562. The molecule has 0 bridgehead atoms. The summed E-state index contributed by atoms with van der Waals surface area (Å²) in [4.78, 5) is 0. The Hall–Kier alpha value is 2.89. The van der Waals surface area contributed by atoms with Crippen LogP contribution in [0.2, 0.25) is 0 Å². The summed E-state index contributed by atoms with van der Waals surface area (Å²) in [6.45, 7) is 0. The van der Waals surface area contributed by atoms with E-state index in [-0.39, 0.29) is 0 Å². The van der Waals surface area contributed by atoms with Gasteiger partial charge in [-0.1, -0.05) is 0 Å². The Morgan fingerprint density at radius 1 is 1.20 bits per heavy atom. The van der Waals surface area contributed by atoms with Gasteiger partial charge in [0.1, 0.15) is 0 Å². The van der Waals surface area contributed by atoms with Crippen LogP contribution in [-0.2, 0) is 0 Å². The van der Waals surface area contributed by atoms with Gasteiger partial charge in [-0.25, -0.2) is 0 Å². The topological polar surface area (TPSA) is 0 Å². The molecule has 0 aliphatic carbocycles. The van der Waals surface area contributed by atoms with Crippen LogP contribution in [0.25, 0.3) is 0 Å². The molecule has 0 aliphatic rings. The SMILES string of the molecule is SS(I)(I)I. The summed E-state index contributed by atoms with van der Waals surface area (Å²) < 4.78 is -0.562. The van der Waals surface area contributed by atoms with Crippen molar-refractivity contribution in [3.8, 4) is 0 Å². The first-order chi connectivity index (χ1) is 2.00. The maximum Gasteiger partial charge on any atom is 0.00584 e. The van der Waals surface area contributed by atoms with Gasteiger partial charge in [0.05, 0.1) is 0 Å². The fourth-order valence-corrected chi connectivity index (χ4v) is 0. The molecule has 0 aromatic heterocycles. The molecule has 0 heterocycles. The van der Waals surface area contributed by atoms with Gasteiger partial charge in [-0.05, 0) is 0.574 Å². The molecular weight excluding hydrogens is 445 g/mol. The minimum absolute atomic E-state index is 0.562. The molecule has 0 aromatic rings. The highest BCUT2D eigenvalue weighted by atomic mass is 127. The van der Waals surface area contributed by atoms with Crippen LogP contribution in [0.1, 0.15) is 0 Å². The zero-order valence-electron chi connectivity index (χ0n) is 1.99. The van der Waals surface area contributed by atoms with E-state index < -0.39 is 0.574 Å². The van der Waals surface area contributed by atoms with E-state index in [1.807, 2.05) is 0 Å². The molecule has 0 unspecified atom stereocenters. The summed E-state index contributed by atoms with van der Waals surface area (Å²) in [7, 11) is 0. The molecule has 0 saturated carbocycles. The van der Waals surface area contributed by atoms with Gasteiger partial charge in [0.2, 0.25) is 0 Å². The second-order valence-electron chi connectivity index (χ2n) is 0.382. The predicted molar refractivity (Wildman–Crippen MR) is 58.6 cm³/mol. The summed E-state index contributed by atoms with van der Waals surface area (Å²) >= 11 is 11.1. The van der Waals surface area contributed by atoms with Gasteiger partial charge in [0, 0.05) is 63.6 Å². The number of halogens is 3. The van der Waals surface area contributed by atoms with Crippen LogP contribution in [0.4, 0.5) is 0 Å². The van der Waals surface area contributed by atoms with E-state index in [0.717, 1.165) is 0 Å². The number of thiol groups is 1. The van der Waals surface area contributed by atoms with Gasteiger partial charge in [0.15, 0.2) is 0 Å². The predicted octanol–water partition coefficient (Wildman–Crippen LogP) is 3.69. The first-order valence-corrected chi connectivity index (χ1v) is 11.0. The summed E-state index contributed by atoms with van der Waals surface area (Å²) in [6.07, 6.45) is 0. The normalized spacial score (nSPS) is 15.2. The van der Waals surface area contributed by atoms with Crippen LogP contribution in [0.5, 0.6) is 0 Å². The Balaban J connectivity index is 3.02. The van der Waals surface area contributed by atoms with Gasteiger partial charge in [-0.2, -0.15) is 0 Å². The van der Waals surface area contributed by atoms with E-state index in [1.54, 1.807) is 0 Å². The van der Waals surface area contributed by atoms with Crippen LogP contribution in [0, 0.1) is 0 Å². The van der Waals surface area contributed by atoms with Crippen LogP contribution in [-0.4, -0.2) is 0 Å². The third kappa shape index (κ3) is 19.7. The third-order valence-electron chi connectivity index (χ3n) is 0. The van der Waals surface area contributed by atoms with Crippen molar-refractivity contribution in [1.29, 1.82) is 0 Å². The average Bonchev–Trinajstić information content (AvgIpc) is 0.722. The molecule has 0 saturated heterocycles. The maximum absolute atomic E-state index is 4.17. The first-order valence-electron chi connectivity index (χ1n) is 0.645. The highest BCUT2D eigenvalue weighted by molar-refractivity contribution is 14.5. The van der Waals surface area contributed by atoms with Gasteiger partial charge in [-0.15, -0.1) is 11.7 Å². The quantitative estimate of drug-likeness (QED) is 0.328. The van der Waals surface area contributed by atoms with Crippen molar-refractivity contribution >= 4 is 75.9 Å². The Morgan fingerprint density at radius 3 is 1.20 bits per heavy atom. The van der Waals surface area contributed by atoms with Gasteiger partial charge < -0.3 is 0 Å². The molecule has 0 rings (SSSR count). The number of rotatable bonds is 0. The van der Waals surface area contributed by atoms with Crippen molar-refractivity contribution < 1.29 is 0 Å². The molecule has 5 heteroatoms. The Labute approximate surface area is 74.1 Å². The lowest BCUT2D eigenvalue weighted by Crippen LogP contribution is -1.27. The Bertz CT molecular complexity index is 20.4. The van der Waals surface area contributed by atoms with E-state index in [0.29, 0.717) is 0 Å². The standard InChI is InChI=1S/HI3S2/c1-5(2,3)4/h4H. The van der Waals surface area contributed by atoms with Crippen molar-refractivity contribution in [2.75, 3.05) is 0 Å². The number of hydrogen-bond acceptors (Lipinski definition) is 1. The summed E-state index contributed by atoms with van der Waals surface area (Å²) in [5.74, 6) is 0. The molecule has 0 nitrogen and oxygen atoms in total. The molecule has 0 spiro atoms. The molecule has 0 aliphatic heterocycles. The van der Waals surface area contributed by atoms with Crippen LogP contribution in [0.15, 0.2) is 0 Å². The molecule has 0 radical (unpaired) electrons. The highest BCUT2D eigenvalue weighted by Gasteiger charge is 1.98. The zero-order valence-corrected chi connectivity index (χ0v) is 10.2. The fraction of sp³-hybridized carbons (Fsp3) is 0. The molecule has 5 heavy (non-hydrogen) atoms. The van der Waals surface area contributed by atoms with E-state index in [2.05, 4.69) is 75.3 Å². The molecule has 0 atom stereocenters. The Kier molecular flexibility index (Phi) is 4.77. The molecular formula is HI3S2. The van der Waals surface area contributed by atoms with Crippen LogP contribution < -0.4 is 0 Å². The van der Waals surface area contributed by atoms with E-state index in [9.17, 15) is 0 Å². The zero-order chi connectivity index (χ0) is 4.50. The fourth-order valence-electron chi connectivity index (χ4n) is 0. The first kappa shape index (κ1) is 7.89. The molecule has 34 valence electrons. The largest absolute Gasteiger partial charge is 0.102 e. The van der Waals surface area contributed by atoms with Crippen molar-refractivity contribution in [2.45, 2.75) is 0 Å². The maximum atomic E-state index is 4.17. The third-order valence-corrected chi connectivity index (χ3v) is 0. The summed E-state index contributed by atoms with van der Waals surface area (Å²) in [5.41, 5.74) is 0. The molecule has 0 fully saturated rings. The lowest BCUT2D eigenvalue weighted by molar-refractivity contribution is 6.38. The van der Waals surface area contributed by atoms with Gasteiger partial charge in [-0.3, -0.25) is 0 Å². The second-order valence-corrected chi connectivity index (χ2v) is 36.1. The number of hydrogen-bond donors (Lipinski definition) is 1. The smallest absolute Gasteiger partial charge is 0.00584 e. The van der Waals surface area contributed by atoms with Crippen molar-refractivity contribution in [3.05, 3.63) is 0 Å². The molecule has 0 aromatic carbocycles. The van der Waals surface area contributed by atoms with E-state index >= 15 is 0 Å². The van der Waals surface area contributed by atoms with Gasteiger partial charge in [0.25, 0.3) is 0 Å². The highest BCUT2D eigenvalue weighted by Crippen LogP contribution is 2.74. The lowest BCUT2D eigenvalue weighted by atomic mass is 31.1. The lowest BCUT2D eigenvalue weighted by Gasteiger charge is -2.03. The monoisotopic (exact) mass is 446 g/mol. The average molecular weight is 446 g/mol. The van der Waals surface area contributed by atoms with Crippen LogP contribution in [0.3, 0.4) is 0 Å². The summed E-state index contributed by atoms with van der Waals surface area (Å²) in [5, 5.41) is 0. The molecule has 0 amide bonds. The van der Waals surface area contributed by atoms with Crippen LogP contribution >= 0.6 is 75.9 Å². The van der Waals surface area contributed by atoms with Crippen molar-refractivity contribution in [1.82, 2.24) is 0 Å².